The molecule has 2 rings (SSSR count). The molecule has 1 aliphatic rings. The van der Waals surface area contributed by atoms with E-state index in [1.54, 1.807) is 7.11 Å². The van der Waals surface area contributed by atoms with Gasteiger partial charge in [-0.3, -0.25) is 0 Å². The smallest absolute Gasteiger partial charge is 0.110 e. The molecule has 0 heterocycles. The van der Waals surface area contributed by atoms with Crippen molar-refractivity contribution in [3.05, 3.63) is 41.0 Å². The van der Waals surface area contributed by atoms with Gasteiger partial charge in [0, 0.05) is 7.11 Å². The maximum atomic E-state index is 10.0. The monoisotopic (exact) mass is 190 g/mol. The fourth-order valence-corrected chi connectivity index (χ4v) is 1.93. The Morgan fingerprint density at radius 1 is 1.36 bits per heavy atom. The van der Waals surface area contributed by atoms with Gasteiger partial charge in [-0.1, -0.05) is 30.4 Å². The number of methoxy groups -OCH3 is 1. The van der Waals surface area contributed by atoms with E-state index in [1.165, 1.54) is 0 Å². The van der Waals surface area contributed by atoms with Gasteiger partial charge in [0.2, 0.25) is 0 Å². The van der Waals surface area contributed by atoms with Crippen LogP contribution in [0.25, 0.3) is 6.08 Å². The van der Waals surface area contributed by atoms with Gasteiger partial charge < -0.3 is 9.84 Å². The van der Waals surface area contributed by atoms with Gasteiger partial charge in [-0.25, -0.2) is 0 Å². The van der Waals surface area contributed by atoms with Crippen LogP contribution >= 0.6 is 0 Å². The van der Waals surface area contributed by atoms with Gasteiger partial charge in [-0.05, 0) is 23.6 Å². The van der Waals surface area contributed by atoms with Crippen molar-refractivity contribution in [2.24, 2.45) is 0 Å². The molecule has 0 unspecified atom stereocenters. The molecular weight excluding hydrogens is 176 g/mol. The Labute approximate surface area is 83.8 Å². The minimum atomic E-state index is -0.541. The summed E-state index contributed by atoms with van der Waals surface area (Å²) in [6.45, 7) is 2.01. The largest absolute Gasteiger partial charge is 0.385 e. The van der Waals surface area contributed by atoms with E-state index in [9.17, 15) is 5.11 Å². The van der Waals surface area contributed by atoms with Gasteiger partial charge in [0.25, 0.3) is 0 Å². The summed E-state index contributed by atoms with van der Waals surface area (Å²) in [6.07, 6.45) is 3.14. The Morgan fingerprint density at radius 2 is 2.14 bits per heavy atom. The highest BCUT2D eigenvalue weighted by atomic mass is 16.5. The van der Waals surface area contributed by atoms with Crippen LogP contribution in [0.3, 0.4) is 0 Å². The summed E-state index contributed by atoms with van der Waals surface area (Å²) in [4.78, 5) is 0. The van der Waals surface area contributed by atoms with E-state index in [0.29, 0.717) is 0 Å². The number of fused-ring (bicyclic) bond motifs is 1. The predicted molar refractivity (Wildman–Crippen MR) is 56.0 cm³/mol. The van der Waals surface area contributed by atoms with E-state index >= 15 is 0 Å². The lowest BCUT2D eigenvalue weighted by Gasteiger charge is -2.26. The van der Waals surface area contributed by atoms with Crippen LogP contribution in [0.2, 0.25) is 0 Å². The first-order valence-corrected chi connectivity index (χ1v) is 4.72. The molecule has 1 aromatic rings. The molecule has 2 atom stereocenters. The minimum absolute atomic E-state index is 0.219. The van der Waals surface area contributed by atoms with Gasteiger partial charge >= 0.3 is 0 Å². The number of hydrogen-bond acceptors (Lipinski definition) is 2. The number of aryl methyl sites for hydroxylation is 1. The van der Waals surface area contributed by atoms with Crippen molar-refractivity contribution < 1.29 is 9.84 Å². The third kappa shape index (κ3) is 1.37. The minimum Gasteiger partial charge on any atom is -0.385 e. The van der Waals surface area contributed by atoms with Gasteiger partial charge in [-0.2, -0.15) is 0 Å². The molecule has 0 spiro atoms. The van der Waals surface area contributed by atoms with Gasteiger partial charge in [0.1, 0.15) is 12.2 Å². The van der Waals surface area contributed by atoms with Crippen LogP contribution in [0.15, 0.2) is 24.3 Å². The highest BCUT2D eigenvalue weighted by Crippen LogP contribution is 2.31. The van der Waals surface area contributed by atoms with Gasteiger partial charge in [0.05, 0.1) is 0 Å². The van der Waals surface area contributed by atoms with Crippen LogP contribution in [0, 0.1) is 6.92 Å². The average molecular weight is 190 g/mol. The number of benzene rings is 1. The molecule has 0 radical (unpaired) electrons. The van der Waals surface area contributed by atoms with Crippen LogP contribution in [0.5, 0.6) is 0 Å². The fraction of sp³-hybridized carbons (Fsp3) is 0.333. The first-order valence-electron chi connectivity index (χ1n) is 4.72. The lowest BCUT2D eigenvalue weighted by molar-refractivity contribution is 0.0147. The highest BCUT2D eigenvalue weighted by molar-refractivity contribution is 5.60. The van der Waals surface area contributed by atoms with Crippen LogP contribution < -0.4 is 0 Å². The summed E-state index contributed by atoms with van der Waals surface area (Å²) >= 11 is 0. The topological polar surface area (TPSA) is 29.5 Å². The number of rotatable bonds is 1. The Bertz CT molecular complexity index is 369. The third-order valence-corrected chi connectivity index (χ3v) is 2.70. The lowest BCUT2D eigenvalue weighted by Crippen LogP contribution is -2.22. The van der Waals surface area contributed by atoms with Crippen LogP contribution in [0.1, 0.15) is 22.8 Å². The SMILES string of the molecule is CO[C@@H]1C=Cc2cccc(C)c2[C@H]1O. The number of hydrogen-bond donors (Lipinski definition) is 1. The molecule has 0 fully saturated rings. The van der Waals surface area contributed by atoms with E-state index in [4.69, 9.17) is 4.74 Å². The van der Waals surface area contributed by atoms with E-state index in [2.05, 4.69) is 0 Å². The standard InChI is InChI=1S/C12H14O2/c1-8-4-3-5-9-6-7-10(14-2)12(13)11(8)9/h3-7,10,12-13H,1-2H3/t10-,12+/m1/s1. The van der Waals surface area contributed by atoms with Crippen molar-refractivity contribution in [3.8, 4) is 0 Å². The van der Waals surface area contributed by atoms with E-state index in [0.717, 1.165) is 16.7 Å². The molecule has 0 bridgehead atoms. The summed E-state index contributed by atoms with van der Waals surface area (Å²) in [5.74, 6) is 0. The van der Waals surface area contributed by atoms with E-state index in [1.807, 2.05) is 37.3 Å². The fourth-order valence-electron chi connectivity index (χ4n) is 1.93. The first-order chi connectivity index (χ1) is 6.74. The molecule has 1 aliphatic carbocycles. The first kappa shape index (κ1) is 9.44. The second kappa shape index (κ2) is 3.56. The molecule has 0 amide bonds. The zero-order valence-corrected chi connectivity index (χ0v) is 8.40. The number of aliphatic hydroxyl groups is 1. The molecule has 2 heteroatoms. The van der Waals surface area contributed by atoms with Gasteiger partial charge in [-0.15, -0.1) is 0 Å². The lowest BCUT2D eigenvalue weighted by atomic mass is 9.89. The van der Waals surface area contributed by atoms with Crippen LogP contribution in [-0.2, 0) is 4.74 Å². The zero-order chi connectivity index (χ0) is 10.1. The Hall–Kier alpha value is -1.12. The zero-order valence-electron chi connectivity index (χ0n) is 8.40. The Morgan fingerprint density at radius 3 is 2.86 bits per heavy atom. The van der Waals surface area contributed by atoms with Crippen molar-refractivity contribution >= 4 is 6.08 Å². The number of ether oxygens (including phenoxy) is 1. The Kier molecular flexibility index (Phi) is 2.40. The molecular formula is C12H14O2. The van der Waals surface area contributed by atoms with Crippen molar-refractivity contribution in [1.82, 2.24) is 0 Å². The summed E-state index contributed by atoms with van der Waals surface area (Å²) in [5, 5.41) is 10.0. The quantitative estimate of drug-likeness (QED) is 0.734. The molecule has 0 aromatic heterocycles. The summed E-state index contributed by atoms with van der Waals surface area (Å²) in [5.41, 5.74) is 3.19. The summed E-state index contributed by atoms with van der Waals surface area (Å²) < 4.78 is 5.18. The van der Waals surface area contributed by atoms with Crippen molar-refractivity contribution in [2.75, 3.05) is 7.11 Å². The summed E-state index contributed by atoms with van der Waals surface area (Å²) in [6, 6.07) is 6.01. The second-order valence-electron chi connectivity index (χ2n) is 3.58. The highest BCUT2D eigenvalue weighted by Gasteiger charge is 2.24. The molecule has 74 valence electrons. The third-order valence-electron chi connectivity index (χ3n) is 2.70. The van der Waals surface area contributed by atoms with Gasteiger partial charge in [0.15, 0.2) is 0 Å². The molecule has 2 nitrogen and oxygen atoms in total. The average Bonchev–Trinajstić information content (AvgIpc) is 2.18. The maximum Gasteiger partial charge on any atom is 0.110 e. The normalized spacial score (nSPS) is 24.8. The molecule has 0 aliphatic heterocycles. The molecule has 1 aromatic carbocycles. The van der Waals surface area contributed by atoms with Crippen molar-refractivity contribution in [3.63, 3.8) is 0 Å². The molecule has 1 N–H and O–H groups in total. The molecule has 0 saturated heterocycles. The summed E-state index contributed by atoms with van der Waals surface area (Å²) in [7, 11) is 1.61. The number of aliphatic hydroxyl groups excluding tert-OH is 1. The van der Waals surface area contributed by atoms with Crippen LogP contribution in [-0.4, -0.2) is 18.3 Å². The van der Waals surface area contributed by atoms with E-state index in [-0.39, 0.29) is 6.10 Å². The van der Waals surface area contributed by atoms with Crippen LogP contribution in [0.4, 0.5) is 0 Å². The maximum absolute atomic E-state index is 10.0. The van der Waals surface area contributed by atoms with Crippen molar-refractivity contribution in [1.29, 1.82) is 0 Å². The van der Waals surface area contributed by atoms with Crippen molar-refractivity contribution in [2.45, 2.75) is 19.1 Å². The predicted octanol–water partition coefficient (Wildman–Crippen LogP) is 2.07. The second-order valence-corrected chi connectivity index (χ2v) is 3.58. The van der Waals surface area contributed by atoms with E-state index < -0.39 is 6.10 Å². The molecule has 14 heavy (non-hydrogen) atoms. The Balaban J connectivity index is 2.51. The molecule has 0 saturated carbocycles.